The standard InChI is InChI=1S/C14H15BrN6O2/c1-6-4-17-8(7(2)10(6)23-3)5-21-12-9(18-14(21)22)11(15)19-13(16)20-12/h4H,5H2,1-3H3,(H,18,22)(H2,16,19,20). The molecule has 3 heterocycles. The van der Waals surface area contributed by atoms with Crippen LogP contribution in [0.15, 0.2) is 15.6 Å². The monoisotopic (exact) mass is 378 g/mol. The second kappa shape index (κ2) is 5.65. The number of nitrogen functional groups attached to an aromatic ring is 1. The van der Waals surface area contributed by atoms with Gasteiger partial charge in [-0.1, -0.05) is 0 Å². The molecule has 0 radical (unpaired) electrons. The number of aromatic nitrogens is 5. The summed E-state index contributed by atoms with van der Waals surface area (Å²) in [5.74, 6) is 0.849. The third kappa shape index (κ3) is 2.56. The van der Waals surface area contributed by atoms with E-state index in [1.165, 1.54) is 4.57 Å². The van der Waals surface area contributed by atoms with E-state index in [1.54, 1.807) is 13.3 Å². The number of aryl methyl sites for hydroxylation is 1. The van der Waals surface area contributed by atoms with Gasteiger partial charge in [0, 0.05) is 17.3 Å². The number of imidazole rings is 1. The molecule has 3 aromatic rings. The Hall–Kier alpha value is -2.42. The number of nitrogens with two attached hydrogens (primary N) is 1. The minimum absolute atomic E-state index is 0.0864. The first-order valence-electron chi connectivity index (χ1n) is 6.83. The van der Waals surface area contributed by atoms with Gasteiger partial charge in [-0.25, -0.2) is 9.78 Å². The highest BCUT2D eigenvalue weighted by molar-refractivity contribution is 9.10. The highest BCUT2D eigenvalue weighted by Crippen LogP contribution is 2.25. The zero-order valence-corrected chi connectivity index (χ0v) is 14.4. The molecular formula is C14H15BrN6O2. The van der Waals surface area contributed by atoms with Crippen LogP contribution in [0.3, 0.4) is 0 Å². The molecule has 120 valence electrons. The normalized spacial score (nSPS) is 11.1. The molecular weight excluding hydrogens is 364 g/mol. The molecule has 0 saturated carbocycles. The highest BCUT2D eigenvalue weighted by Gasteiger charge is 2.16. The van der Waals surface area contributed by atoms with E-state index < -0.39 is 0 Å². The van der Waals surface area contributed by atoms with Crippen molar-refractivity contribution in [1.29, 1.82) is 0 Å². The molecule has 3 N–H and O–H groups in total. The molecule has 0 fully saturated rings. The molecule has 0 saturated heterocycles. The molecule has 0 aromatic carbocycles. The number of aromatic amines is 1. The first-order chi connectivity index (χ1) is 10.9. The van der Waals surface area contributed by atoms with Crippen LogP contribution in [0.5, 0.6) is 5.75 Å². The Labute approximate surface area is 139 Å². The van der Waals surface area contributed by atoms with Gasteiger partial charge in [0.1, 0.15) is 15.9 Å². The Morgan fingerprint density at radius 2 is 2.13 bits per heavy atom. The van der Waals surface area contributed by atoms with Crippen LogP contribution < -0.4 is 16.2 Å². The summed E-state index contributed by atoms with van der Waals surface area (Å²) < 4.78 is 7.32. The highest BCUT2D eigenvalue weighted by atomic mass is 79.9. The Bertz CT molecular complexity index is 962. The number of rotatable bonds is 3. The first-order valence-corrected chi connectivity index (χ1v) is 7.62. The van der Waals surface area contributed by atoms with E-state index in [0.717, 1.165) is 22.6 Å². The van der Waals surface area contributed by atoms with E-state index in [-0.39, 0.29) is 18.2 Å². The topological polar surface area (TPSA) is 112 Å². The van der Waals surface area contributed by atoms with Gasteiger partial charge in [0.05, 0.1) is 19.3 Å². The van der Waals surface area contributed by atoms with Crippen LogP contribution in [0.4, 0.5) is 5.95 Å². The lowest BCUT2D eigenvalue weighted by Crippen LogP contribution is -2.19. The number of methoxy groups -OCH3 is 1. The molecule has 9 heteroatoms. The number of nitrogens with zero attached hydrogens (tertiary/aromatic N) is 4. The molecule has 23 heavy (non-hydrogen) atoms. The summed E-state index contributed by atoms with van der Waals surface area (Å²) in [5, 5.41) is 0. The number of hydrogen-bond donors (Lipinski definition) is 2. The van der Waals surface area contributed by atoms with Gasteiger partial charge in [-0.3, -0.25) is 9.55 Å². The van der Waals surface area contributed by atoms with Crippen LogP contribution in [0.1, 0.15) is 16.8 Å². The smallest absolute Gasteiger partial charge is 0.328 e. The molecule has 0 aliphatic carbocycles. The zero-order valence-electron chi connectivity index (χ0n) is 12.8. The molecule has 0 atom stereocenters. The van der Waals surface area contributed by atoms with Gasteiger partial charge in [-0.2, -0.15) is 4.98 Å². The molecule has 0 spiro atoms. The van der Waals surface area contributed by atoms with Crippen molar-refractivity contribution in [1.82, 2.24) is 24.5 Å². The van der Waals surface area contributed by atoms with Crippen molar-refractivity contribution in [2.45, 2.75) is 20.4 Å². The minimum atomic E-state index is -0.304. The van der Waals surface area contributed by atoms with E-state index in [2.05, 4.69) is 35.9 Å². The fraction of sp³-hybridized carbons (Fsp3) is 0.286. The third-order valence-corrected chi connectivity index (χ3v) is 4.23. The summed E-state index contributed by atoms with van der Waals surface area (Å²) in [6.45, 7) is 4.09. The van der Waals surface area contributed by atoms with Crippen LogP contribution in [0, 0.1) is 13.8 Å². The maximum atomic E-state index is 12.3. The number of anilines is 1. The lowest BCUT2D eigenvalue weighted by atomic mass is 10.1. The number of hydrogen-bond acceptors (Lipinski definition) is 6. The molecule has 0 amide bonds. The first kappa shape index (κ1) is 15.5. The number of halogens is 1. The number of pyridine rings is 1. The van der Waals surface area contributed by atoms with Crippen molar-refractivity contribution in [3.8, 4) is 5.75 Å². The van der Waals surface area contributed by atoms with Crippen molar-refractivity contribution < 1.29 is 4.74 Å². The van der Waals surface area contributed by atoms with Gasteiger partial charge >= 0.3 is 5.69 Å². The summed E-state index contributed by atoms with van der Waals surface area (Å²) in [6.07, 6.45) is 1.72. The van der Waals surface area contributed by atoms with Crippen LogP contribution >= 0.6 is 15.9 Å². The van der Waals surface area contributed by atoms with Crippen molar-refractivity contribution in [3.05, 3.63) is 38.1 Å². The average Bonchev–Trinajstić information content (AvgIpc) is 2.79. The summed E-state index contributed by atoms with van der Waals surface area (Å²) in [4.78, 5) is 27.5. The van der Waals surface area contributed by atoms with E-state index in [4.69, 9.17) is 10.5 Å². The fourth-order valence-electron chi connectivity index (χ4n) is 2.54. The lowest BCUT2D eigenvalue weighted by Gasteiger charge is -2.12. The van der Waals surface area contributed by atoms with Gasteiger partial charge in [-0.15, -0.1) is 0 Å². The molecule has 0 aliphatic rings. The zero-order chi connectivity index (χ0) is 16.7. The Morgan fingerprint density at radius 3 is 2.83 bits per heavy atom. The van der Waals surface area contributed by atoms with Crippen LogP contribution in [0.2, 0.25) is 0 Å². The Kier molecular flexibility index (Phi) is 3.80. The lowest BCUT2D eigenvalue weighted by molar-refractivity contribution is 0.406. The molecule has 0 bridgehead atoms. The average molecular weight is 379 g/mol. The quantitative estimate of drug-likeness (QED) is 0.668. The molecule has 3 rings (SSSR count). The molecule has 0 aliphatic heterocycles. The predicted molar refractivity (Wildman–Crippen MR) is 89.6 cm³/mol. The Morgan fingerprint density at radius 1 is 1.39 bits per heavy atom. The van der Waals surface area contributed by atoms with E-state index in [0.29, 0.717) is 15.8 Å². The molecule has 3 aromatic heterocycles. The van der Waals surface area contributed by atoms with Gasteiger partial charge in [-0.05, 0) is 29.8 Å². The second-order valence-corrected chi connectivity index (χ2v) is 5.88. The number of ether oxygens (including phenoxy) is 1. The summed E-state index contributed by atoms with van der Waals surface area (Å²) >= 11 is 3.28. The van der Waals surface area contributed by atoms with Gasteiger partial charge in [0.15, 0.2) is 5.65 Å². The maximum Gasteiger partial charge on any atom is 0.328 e. The largest absolute Gasteiger partial charge is 0.496 e. The van der Waals surface area contributed by atoms with Gasteiger partial charge < -0.3 is 15.5 Å². The second-order valence-electron chi connectivity index (χ2n) is 5.13. The van der Waals surface area contributed by atoms with E-state index in [1.807, 2.05) is 13.8 Å². The number of H-pyrrole nitrogens is 1. The van der Waals surface area contributed by atoms with E-state index >= 15 is 0 Å². The van der Waals surface area contributed by atoms with Crippen molar-refractivity contribution in [2.24, 2.45) is 0 Å². The maximum absolute atomic E-state index is 12.3. The van der Waals surface area contributed by atoms with Crippen molar-refractivity contribution in [2.75, 3.05) is 12.8 Å². The van der Waals surface area contributed by atoms with Crippen LogP contribution in [-0.2, 0) is 6.54 Å². The predicted octanol–water partition coefficient (Wildman–Crippen LogP) is 1.53. The molecule has 0 unspecified atom stereocenters. The van der Waals surface area contributed by atoms with Crippen molar-refractivity contribution >= 4 is 33.0 Å². The number of nitrogens with one attached hydrogen (secondary N) is 1. The van der Waals surface area contributed by atoms with E-state index in [9.17, 15) is 4.79 Å². The SMILES string of the molecule is COc1c(C)cnc(Cn2c(=O)[nH]c3c(Br)nc(N)nc32)c1C. The molecule has 8 nitrogen and oxygen atoms in total. The summed E-state index contributed by atoms with van der Waals surface area (Å²) in [7, 11) is 1.61. The van der Waals surface area contributed by atoms with Gasteiger partial charge in [0.2, 0.25) is 5.95 Å². The number of fused-ring (bicyclic) bond motifs is 1. The van der Waals surface area contributed by atoms with Crippen LogP contribution in [-0.4, -0.2) is 31.6 Å². The summed E-state index contributed by atoms with van der Waals surface area (Å²) in [5.41, 5.74) is 8.85. The minimum Gasteiger partial charge on any atom is -0.496 e. The fourth-order valence-corrected chi connectivity index (χ4v) is 3.00. The third-order valence-electron chi connectivity index (χ3n) is 3.65. The van der Waals surface area contributed by atoms with Gasteiger partial charge in [0.25, 0.3) is 0 Å². The van der Waals surface area contributed by atoms with Crippen molar-refractivity contribution in [3.63, 3.8) is 0 Å². The van der Waals surface area contributed by atoms with Crippen LogP contribution in [0.25, 0.3) is 11.2 Å². The Balaban J connectivity index is 2.16. The summed E-state index contributed by atoms with van der Waals surface area (Å²) in [6, 6.07) is 0.